The number of benzene rings is 2. The first-order chi connectivity index (χ1) is 11.2. The van der Waals surface area contributed by atoms with E-state index in [-0.39, 0.29) is 4.75 Å². The molecule has 0 aromatic heterocycles. The molecular weight excluding hydrogens is 324 g/mol. The summed E-state index contributed by atoms with van der Waals surface area (Å²) >= 11 is 8.06. The summed E-state index contributed by atoms with van der Waals surface area (Å²) in [6.45, 7) is 2.35. The molecule has 0 fully saturated rings. The summed E-state index contributed by atoms with van der Waals surface area (Å²) in [4.78, 5) is 0. The summed E-state index contributed by atoms with van der Waals surface area (Å²) in [5, 5.41) is 0.483. The van der Waals surface area contributed by atoms with Crippen LogP contribution in [-0.4, -0.2) is 13.0 Å². The van der Waals surface area contributed by atoms with Crippen LogP contribution in [0.2, 0.25) is 0 Å². The zero-order valence-electron chi connectivity index (χ0n) is 13.7. The highest BCUT2D eigenvalue weighted by Crippen LogP contribution is 2.56. The highest BCUT2D eigenvalue weighted by Gasteiger charge is 2.39. The molecule has 0 spiro atoms. The molecule has 0 aliphatic carbocycles. The van der Waals surface area contributed by atoms with Gasteiger partial charge < -0.3 is 4.74 Å². The Morgan fingerprint density at radius 1 is 1.17 bits per heavy atom. The average molecular weight is 347 g/mol. The second kappa shape index (κ2) is 7.19. The van der Waals surface area contributed by atoms with Crippen LogP contribution in [-0.2, 0) is 11.2 Å². The second-order valence-corrected chi connectivity index (χ2v) is 8.32. The molecule has 2 atom stereocenters. The fraction of sp³-hybridized carbons (Fsp3) is 0.400. The predicted octanol–water partition coefficient (Wildman–Crippen LogP) is 5.96. The molecule has 0 saturated carbocycles. The van der Waals surface area contributed by atoms with Gasteiger partial charge in [-0.2, -0.15) is 0 Å². The quantitative estimate of drug-likeness (QED) is 0.618. The minimum absolute atomic E-state index is 0.0373. The summed E-state index contributed by atoms with van der Waals surface area (Å²) in [5.74, 6) is 1.72. The van der Waals surface area contributed by atoms with E-state index in [0.717, 1.165) is 25.0 Å². The second-order valence-electron chi connectivity index (χ2n) is 6.24. The fourth-order valence-corrected chi connectivity index (χ4v) is 5.50. The lowest BCUT2D eigenvalue weighted by Crippen LogP contribution is -2.27. The summed E-state index contributed by atoms with van der Waals surface area (Å²) in [6, 6.07) is 17.3. The summed E-state index contributed by atoms with van der Waals surface area (Å²) in [6.07, 6.45) is 3.14. The maximum atomic E-state index is 6.00. The molecule has 1 heterocycles. The lowest BCUT2D eigenvalue weighted by Gasteiger charge is -2.40. The third-order valence-corrected chi connectivity index (χ3v) is 6.55. The molecule has 2 aromatic rings. The van der Waals surface area contributed by atoms with Gasteiger partial charge in [0.1, 0.15) is 5.75 Å². The first kappa shape index (κ1) is 16.7. The van der Waals surface area contributed by atoms with Crippen LogP contribution in [0.25, 0.3) is 0 Å². The number of hydrogen-bond acceptors (Lipinski definition) is 2. The van der Waals surface area contributed by atoms with Crippen LogP contribution in [0.5, 0.6) is 5.75 Å². The van der Waals surface area contributed by atoms with Crippen LogP contribution in [0.15, 0.2) is 48.5 Å². The van der Waals surface area contributed by atoms with Crippen LogP contribution in [0.3, 0.4) is 0 Å². The number of rotatable bonds is 5. The maximum absolute atomic E-state index is 6.00. The number of hydrogen-bond donors (Lipinski definition) is 0. The minimum atomic E-state index is 0.0373. The van der Waals surface area contributed by atoms with E-state index in [4.69, 9.17) is 16.3 Å². The van der Waals surface area contributed by atoms with E-state index < -0.39 is 0 Å². The molecule has 0 amide bonds. The van der Waals surface area contributed by atoms with Gasteiger partial charge in [-0.1, -0.05) is 42.5 Å². The van der Waals surface area contributed by atoms with E-state index in [1.807, 2.05) is 0 Å². The fourth-order valence-electron chi connectivity index (χ4n) is 3.57. The van der Waals surface area contributed by atoms with Crippen LogP contribution in [0, 0.1) is 0 Å². The van der Waals surface area contributed by atoms with Crippen LogP contribution in [0.4, 0.5) is 0 Å². The molecule has 1 aliphatic rings. The standard InChI is InChI=1S/C20H23ClOS/c1-20(12-7-13-21)19-16(10-6-11-17(19)22-2)14-18(23-20)15-8-4-3-5-9-15/h3-6,8-11,18H,7,12-14H2,1-2H3. The highest BCUT2D eigenvalue weighted by atomic mass is 35.5. The summed E-state index contributed by atoms with van der Waals surface area (Å²) < 4.78 is 5.72. The molecule has 0 bridgehead atoms. The van der Waals surface area contributed by atoms with Crippen molar-refractivity contribution in [1.29, 1.82) is 0 Å². The zero-order valence-corrected chi connectivity index (χ0v) is 15.3. The molecular formula is C20H23ClOS. The van der Waals surface area contributed by atoms with Gasteiger partial charge >= 0.3 is 0 Å². The van der Waals surface area contributed by atoms with Crippen molar-refractivity contribution in [3.8, 4) is 5.75 Å². The Morgan fingerprint density at radius 3 is 2.65 bits per heavy atom. The van der Waals surface area contributed by atoms with Crippen molar-refractivity contribution in [3.63, 3.8) is 0 Å². The van der Waals surface area contributed by atoms with Crippen LogP contribution >= 0.6 is 23.4 Å². The van der Waals surface area contributed by atoms with E-state index >= 15 is 0 Å². The third-order valence-electron chi connectivity index (χ3n) is 4.63. The molecule has 1 nitrogen and oxygen atoms in total. The van der Waals surface area contributed by atoms with Gasteiger partial charge in [-0.3, -0.25) is 0 Å². The normalized spacial score (nSPS) is 23.3. The molecule has 0 saturated heterocycles. The van der Waals surface area contributed by atoms with Gasteiger partial charge in [0.15, 0.2) is 0 Å². The van der Waals surface area contributed by atoms with Crippen molar-refractivity contribution in [2.24, 2.45) is 0 Å². The average Bonchev–Trinajstić information content (AvgIpc) is 2.60. The lowest BCUT2D eigenvalue weighted by molar-refractivity contribution is 0.399. The number of ether oxygens (including phenoxy) is 1. The molecule has 2 unspecified atom stereocenters. The molecule has 0 radical (unpaired) electrons. The van der Waals surface area contributed by atoms with Gasteiger partial charge in [0.2, 0.25) is 0 Å². The Bertz CT molecular complexity index is 658. The zero-order chi connectivity index (χ0) is 16.3. The number of halogens is 1. The van der Waals surface area contributed by atoms with Gasteiger partial charge in [0.25, 0.3) is 0 Å². The first-order valence-corrected chi connectivity index (χ1v) is 9.54. The summed E-state index contributed by atoms with van der Waals surface area (Å²) in [7, 11) is 1.77. The van der Waals surface area contributed by atoms with Crippen molar-refractivity contribution in [3.05, 3.63) is 65.2 Å². The van der Waals surface area contributed by atoms with Gasteiger partial charge in [-0.05, 0) is 43.4 Å². The van der Waals surface area contributed by atoms with E-state index in [0.29, 0.717) is 11.1 Å². The molecule has 3 rings (SSSR count). The molecule has 1 aliphatic heterocycles. The molecule has 3 heteroatoms. The lowest BCUT2D eigenvalue weighted by atomic mass is 9.87. The SMILES string of the molecule is COc1cccc2c1C(C)(CCCCl)SC(c1ccccc1)C2. The van der Waals surface area contributed by atoms with E-state index in [1.54, 1.807) is 7.11 Å². The smallest absolute Gasteiger partial charge is 0.123 e. The molecule has 2 aromatic carbocycles. The largest absolute Gasteiger partial charge is 0.496 e. The van der Waals surface area contributed by atoms with Gasteiger partial charge in [-0.25, -0.2) is 0 Å². The van der Waals surface area contributed by atoms with E-state index in [1.165, 1.54) is 16.7 Å². The van der Waals surface area contributed by atoms with Gasteiger partial charge in [-0.15, -0.1) is 23.4 Å². The van der Waals surface area contributed by atoms with Crippen molar-refractivity contribution < 1.29 is 4.74 Å². The van der Waals surface area contributed by atoms with Gasteiger partial charge in [0.05, 0.1) is 7.11 Å². The van der Waals surface area contributed by atoms with Gasteiger partial charge in [0, 0.05) is 21.4 Å². The number of fused-ring (bicyclic) bond motifs is 1. The van der Waals surface area contributed by atoms with Crippen molar-refractivity contribution >= 4 is 23.4 Å². The number of methoxy groups -OCH3 is 1. The molecule has 23 heavy (non-hydrogen) atoms. The Kier molecular flexibility index (Phi) is 5.23. The Hall–Kier alpha value is -1.12. The highest BCUT2D eigenvalue weighted by molar-refractivity contribution is 8.00. The Morgan fingerprint density at radius 2 is 1.96 bits per heavy atom. The topological polar surface area (TPSA) is 9.23 Å². The number of thioether (sulfide) groups is 1. The van der Waals surface area contributed by atoms with Crippen molar-refractivity contribution in [2.75, 3.05) is 13.0 Å². The van der Waals surface area contributed by atoms with E-state index in [2.05, 4.69) is 67.2 Å². The maximum Gasteiger partial charge on any atom is 0.123 e. The number of alkyl halides is 1. The van der Waals surface area contributed by atoms with Crippen LogP contribution < -0.4 is 4.74 Å². The van der Waals surface area contributed by atoms with Crippen molar-refractivity contribution in [2.45, 2.75) is 36.2 Å². The van der Waals surface area contributed by atoms with E-state index in [9.17, 15) is 0 Å². The Labute approximate surface area is 148 Å². The Balaban J connectivity index is 2.04. The third kappa shape index (κ3) is 3.39. The molecule has 122 valence electrons. The predicted molar refractivity (Wildman–Crippen MR) is 101 cm³/mol. The minimum Gasteiger partial charge on any atom is -0.496 e. The monoisotopic (exact) mass is 346 g/mol. The molecule has 0 N–H and O–H groups in total. The summed E-state index contributed by atoms with van der Waals surface area (Å²) in [5.41, 5.74) is 4.18. The van der Waals surface area contributed by atoms with Crippen molar-refractivity contribution in [1.82, 2.24) is 0 Å². The van der Waals surface area contributed by atoms with Crippen LogP contribution in [0.1, 0.15) is 41.7 Å². The first-order valence-electron chi connectivity index (χ1n) is 8.13.